The van der Waals surface area contributed by atoms with Crippen LogP contribution >= 0.6 is 0 Å². The van der Waals surface area contributed by atoms with Gasteiger partial charge in [0.25, 0.3) is 5.91 Å². The molecular formula is C17H22N4O2. The average molecular weight is 314 g/mol. The molecule has 0 radical (unpaired) electrons. The molecule has 0 bridgehead atoms. The fourth-order valence-electron chi connectivity index (χ4n) is 2.73. The summed E-state index contributed by atoms with van der Waals surface area (Å²) in [6, 6.07) is 5.79. The molecule has 1 heterocycles. The number of rotatable bonds is 5. The molecule has 6 heteroatoms. The summed E-state index contributed by atoms with van der Waals surface area (Å²) in [7, 11) is 3.87. The molecule has 6 nitrogen and oxygen atoms in total. The van der Waals surface area contributed by atoms with Crippen molar-refractivity contribution in [2.45, 2.75) is 18.9 Å². The van der Waals surface area contributed by atoms with Gasteiger partial charge in [-0.3, -0.25) is 9.59 Å². The van der Waals surface area contributed by atoms with Crippen LogP contribution in [0.4, 0.5) is 5.69 Å². The van der Waals surface area contributed by atoms with Crippen LogP contribution in [0.1, 0.15) is 29.2 Å². The molecule has 3 rings (SSSR count). The molecule has 0 atom stereocenters. The summed E-state index contributed by atoms with van der Waals surface area (Å²) in [6.45, 7) is 1.22. The fraction of sp³-hybridized carbons (Fsp3) is 0.412. The van der Waals surface area contributed by atoms with Crippen molar-refractivity contribution >= 4 is 22.5 Å². The van der Waals surface area contributed by atoms with Crippen molar-refractivity contribution < 1.29 is 4.79 Å². The molecule has 0 saturated heterocycles. The zero-order valence-electron chi connectivity index (χ0n) is 13.5. The summed E-state index contributed by atoms with van der Waals surface area (Å²) < 4.78 is 2.02. The average Bonchev–Trinajstić information content (AvgIpc) is 3.31. The van der Waals surface area contributed by atoms with Gasteiger partial charge in [-0.1, -0.05) is 6.07 Å². The van der Waals surface area contributed by atoms with Gasteiger partial charge in [-0.25, -0.2) is 0 Å². The SMILES string of the molecule is CN(C)CCNC(=O)c1cn(C2CC2)c2cccc(N)c2c1=O. The lowest BCUT2D eigenvalue weighted by Gasteiger charge is -2.14. The van der Waals surface area contributed by atoms with Crippen molar-refractivity contribution in [3.05, 3.63) is 40.2 Å². The Balaban J connectivity index is 2.03. The number of carbonyl (C=O) groups is 1. The first kappa shape index (κ1) is 15.6. The third-order valence-corrected chi connectivity index (χ3v) is 4.12. The minimum atomic E-state index is -0.337. The van der Waals surface area contributed by atoms with Crippen molar-refractivity contribution in [2.75, 3.05) is 32.9 Å². The Morgan fingerprint density at radius 2 is 2.13 bits per heavy atom. The highest BCUT2D eigenvalue weighted by Crippen LogP contribution is 2.37. The highest BCUT2D eigenvalue weighted by atomic mass is 16.2. The first-order valence-electron chi connectivity index (χ1n) is 7.85. The number of carbonyl (C=O) groups excluding carboxylic acids is 1. The molecule has 0 aliphatic heterocycles. The lowest BCUT2D eigenvalue weighted by molar-refractivity contribution is 0.0949. The first-order chi connectivity index (χ1) is 11.0. The van der Waals surface area contributed by atoms with Crippen LogP contribution in [0, 0.1) is 0 Å². The van der Waals surface area contributed by atoms with E-state index in [1.165, 1.54) is 0 Å². The molecule has 1 aliphatic rings. The normalized spacial score (nSPS) is 14.4. The van der Waals surface area contributed by atoms with Crippen LogP contribution in [0.3, 0.4) is 0 Å². The molecule has 1 aromatic carbocycles. The maximum Gasteiger partial charge on any atom is 0.256 e. The van der Waals surface area contributed by atoms with Crippen LogP contribution in [0.15, 0.2) is 29.2 Å². The summed E-state index contributed by atoms with van der Waals surface area (Å²) in [5, 5.41) is 3.25. The van der Waals surface area contributed by atoms with Gasteiger partial charge in [0.05, 0.1) is 10.9 Å². The number of likely N-dealkylation sites (N-methyl/N-ethyl adjacent to an activating group) is 1. The van der Waals surface area contributed by atoms with E-state index < -0.39 is 0 Å². The summed E-state index contributed by atoms with van der Waals surface area (Å²) in [5.74, 6) is -0.337. The predicted molar refractivity (Wildman–Crippen MR) is 91.8 cm³/mol. The third-order valence-electron chi connectivity index (χ3n) is 4.12. The quantitative estimate of drug-likeness (QED) is 0.813. The Morgan fingerprint density at radius 1 is 1.39 bits per heavy atom. The molecule has 122 valence electrons. The molecule has 0 spiro atoms. The number of hydrogen-bond acceptors (Lipinski definition) is 4. The highest BCUT2D eigenvalue weighted by Gasteiger charge is 2.27. The Hall–Kier alpha value is -2.34. The Morgan fingerprint density at radius 3 is 2.78 bits per heavy atom. The molecule has 23 heavy (non-hydrogen) atoms. The number of pyridine rings is 1. The van der Waals surface area contributed by atoms with Gasteiger partial charge in [0.1, 0.15) is 5.56 Å². The molecule has 1 aromatic heterocycles. The fourth-order valence-corrected chi connectivity index (χ4v) is 2.73. The van der Waals surface area contributed by atoms with Crippen LogP contribution in [0.2, 0.25) is 0 Å². The number of fused-ring (bicyclic) bond motifs is 1. The minimum Gasteiger partial charge on any atom is -0.398 e. The van der Waals surface area contributed by atoms with E-state index in [0.717, 1.165) is 24.9 Å². The number of aromatic nitrogens is 1. The summed E-state index contributed by atoms with van der Waals surface area (Å²) in [6.07, 6.45) is 3.82. The first-order valence-corrected chi connectivity index (χ1v) is 7.85. The van der Waals surface area contributed by atoms with Crippen molar-refractivity contribution in [1.82, 2.24) is 14.8 Å². The molecule has 1 aliphatic carbocycles. The number of nitrogen functional groups attached to an aromatic ring is 1. The van der Waals surface area contributed by atoms with E-state index in [9.17, 15) is 9.59 Å². The van der Waals surface area contributed by atoms with Gasteiger partial charge in [-0.2, -0.15) is 0 Å². The molecule has 0 unspecified atom stereocenters. The molecule has 3 N–H and O–H groups in total. The number of amides is 1. The van der Waals surface area contributed by atoms with Crippen molar-refractivity contribution in [1.29, 1.82) is 0 Å². The predicted octanol–water partition coefficient (Wildman–Crippen LogP) is 1.21. The van der Waals surface area contributed by atoms with Gasteiger partial charge in [-0.15, -0.1) is 0 Å². The van der Waals surface area contributed by atoms with E-state index in [1.807, 2.05) is 35.7 Å². The van der Waals surface area contributed by atoms with Gasteiger partial charge in [0.15, 0.2) is 0 Å². The number of hydrogen-bond donors (Lipinski definition) is 2. The van der Waals surface area contributed by atoms with Gasteiger partial charge < -0.3 is 20.5 Å². The maximum absolute atomic E-state index is 12.7. The van der Waals surface area contributed by atoms with Crippen molar-refractivity contribution in [3.8, 4) is 0 Å². The molecule has 1 saturated carbocycles. The van der Waals surface area contributed by atoms with E-state index in [-0.39, 0.29) is 16.9 Å². The lowest BCUT2D eigenvalue weighted by Crippen LogP contribution is -2.34. The van der Waals surface area contributed by atoms with E-state index in [1.54, 1.807) is 12.3 Å². The number of benzene rings is 1. The Kier molecular flexibility index (Phi) is 4.09. The van der Waals surface area contributed by atoms with Gasteiger partial charge in [-0.05, 0) is 39.1 Å². The third kappa shape index (κ3) is 3.07. The lowest BCUT2D eigenvalue weighted by atomic mass is 10.1. The van der Waals surface area contributed by atoms with Gasteiger partial charge in [0.2, 0.25) is 5.43 Å². The second-order valence-corrected chi connectivity index (χ2v) is 6.31. The zero-order chi connectivity index (χ0) is 16.6. The Bertz CT molecular complexity index is 806. The van der Waals surface area contributed by atoms with Crippen LogP contribution in [0.5, 0.6) is 0 Å². The molecule has 2 aromatic rings. The van der Waals surface area contributed by atoms with Crippen molar-refractivity contribution in [2.24, 2.45) is 0 Å². The molecular weight excluding hydrogens is 292 g/mol. The highest BCUT2D eigenvalue weighted by molar-refractivity contribution is 6.00. The largest absolute Gasteiger partial charge is 0.398 e. The maximum atomic E-state index is 12.7. The van der Waals surface area contributed by atoms with E-state index >= 15 is 0 Å². The number of nitrogens with zero attached hydrogens (tertiary/aromatic N) is 2. The molecule has 1 fully saturated rings. The number of anilines is 1. The summed E-state index contributed by atoms with van der Waals surface area (Å²) in [5.41, 5.74) is 7.11. The minimum absolute atomic E-state index is 0.168. The molecule has 1 amide bonds. The standard InChI is InChI=1S/C17H22N4O2/c1-20(2)9-8-19-17(23)12-10-21(11-6-7-11)14-5-3-4-13(18)15(14)16(12)22/h3-5,10-11H,6-9,18H2,1-2H3,(H,19,23). The topological polar surface area (TPSA) is 80.4 Å². The summed E-state index contributed by atoms with van der Waals surface area (Å²) >= 11 is 0. The van der Waals surface area contributed by atoms with Crippen LogP contribution < -0.4 is 16.5 Å². The second-order valence-electron chi connectivity index (χ2n) is 6.31. The van der Waals surface area contributed by atoms with Crippen LogP contribution in [-0.2, 0) is 0 Å². The monoisotopic (exact) mass is 314 g/mol. The summed E-state index contributed by atoms with van der Waals surface area (Å²) in [4.78, 5) is 27.1. The number of nitrogens with two attached hydrogens (primary N) is 1. The second kappa shape index (κ2) is 6.04. The van der Waals surface area contributed by atoms with E-state index in [2.05, 4.69) is 5.32 Å². The van der Waals surface area contributed by atoms with Gasteiger partial charge in [0, 0.05) is 31.0 Å². The number of nitrogens with one attached hydrogen (secondary N) is 1. The van der Waals surface area contributed by atoms with Crippen LogP contribution in [0.25, 0.3) is 10.9 Å². The van der Waals surface area contributed by atoms with E-state index in [4.69, 9.17) is 5.73 Å². The van der Waals surface area contributed by atoms with Gasteiger partial charge >= 0.3 is 0 Å². The zero-order valence-corrected chi connectivity index (χ0v) is 13.5. The van der Waals surface area contributed by atoms with E-state index in [0.29, 0.717) is 23.7 Å². The smallest absolute Gasteiger partial charge is 0.256 e. The van der Waals surface area contributed by atoms with Crippen LogP contribution in [-0.4, -0.2) is 42.6 Å². The Labute approximate surface area is 134 Å². The van der Waals surface area contributed by atoms with Crippen molar-refractivity contribution in [3.63, 3.8) is 0 Å².